The standard InChI is InChI=1S/C11H14BrN/c1-7(2)8-6-13-10-5-3-4-9(12)11(8)10/h3-5,7-8,13H,6H2,1-2H3. The summed E-state index contributed by atoms with van der Waals surface area (Å²) >= 11 is 3.62. The highest BCUT2D eigenvalue weighted by Crippen LogP contribution is 2.40. The van der Waals surface area contributed by atoms with Crippen LogP contribution in [-0.2, 0) is 0 Å². The van der Waals surface area contributed by atoms with Gasteiger partial charge in [0, 0.05) is 22.6 Å². The molecule has 0 spiro atoms. The van der Waals surface area contributed by atoms with Crippen molar-refractivity contribution in [2.24, 2.45) is 5.92 Å². The van der Waals surface area contributed by atoms with Crippen LogP contribution in [-0.4, -0.2) is 6.54 Å². The van der Waals surface area contributed by atoms with Gasteiger partial charge in [0.25, 0.3) is 0 Å². The van der Waals surface area contributed by atoms with Gasteiger partial charge in [-0.2, -0.15) is 0 Å². The van der Waals surface area contributed by atoms with Gasteiger partial charge in [0.1, 0.15) is 0 Å². The molecule has 0 radical (unpaired) electrons. The first kappa shape index (κ1) is 9.07. The molecular formula is C11H14BrN. The summed E-state index contributed by atoms with van der Waals surface area (Å²) in [6, 6.07) is 6.36. The Kier molecular flexibility index (Phi) is 2.33. The number of rotatable bonds is 1. The van der Waals surface area contributed by atoms with Crippen molar-refractivity contribution in [3.63, 3.8) is 0 Å². The zero-order valence-corrected chi connectivity index (χ0v) is 9.56. The summed E-state index contributed by atoms with van der Waals surface area (Å²) in [5.74, 6) is 1.36. The molecule has 1 aromatic carbocycles. The normalized spacial score (nSPS) is 20.2. The molecular weight excluding hydrogens is 226 g/mol. The Labute approximate surface area is 87.7 Å². The van der Waals surface area contributed by atoms with Crippen LogP contribution in [0.15, 0.2) is 22.7 Å². The maximum Gasteiger partial charge on any atom is 0.0387 e. The summed E-state index contributed by atoms with van der Waals surface area (Å²) in [4.78, 5) is 0. The highest BCUT2D eigenvalue weighted by atomic mass is 79.9. The van der Waals surface area contributed by atoms with Crippen LogP contribution in [0.5, 0.6) is 0 Å². The van der Waals surface area contributed by atoms with Crippen molar-refractivity contribution >= 4 is 21.6 Å². The summed E-state index contributed by atoms with van der Waals surface area (Å²) in [6.45, 7) is 5.64. The van der Waals surface area contributed by atoms with Crippen molar-refractivity contribution < 1.29 is 0 Å². The lowest BCUT2D eigenvalue weighted by Gasteiger charge is -2.15. The van der Waals surface area contributed by atoms with Gasteiger partial charge in [-0.05, 0) is 23.6 Å². The lowest BCUT2D eigenvalue weighted by atomic mass is 9.90. The maximum atomic E-state index is 3.62. The van der Waals surface area contributed by atoms with Crippen LogP contribution >= 0.6 is 15.9 Å². The zero-order valence-electron chi connectivity index (χ0n) is 7.97. The summed E-state index contributed by atoms with van der Waals surface area (Å²) < 4.78 is 1.24. The monoisotopic (exact) mass is 239 g/mol. The summed E-state index contributed by atoms with van der Waals surface area (Å²) in [5, 5.41) is 3.44. The summed E-state index contributed by atoms with van der Waals surface area (Å²) in [6.07, 6.45) is 0. The van der Waals surface area contributed by atoms with E-state index in [0.717, 1.165) is 6.54 Å². The van der Waals surface area contributed by atoms with E-state index in [-0.39, 0.29) is 0 Å². The van der Waals surface area contributed by atoms with E-state index < -0.39 is 0 Å². The SMILES string of the molecule is CC(C)C1CNc2cccc(Br)c21. The van der Waals surface area contributed by atoms with Crippen molar-refractivity contribution in [2.45, 2.75) is 19.8 Å². The lowest BCUT2D eigenvalue weighted by Crippen LogP contribution is -2.08. The van der Waals surface area contributed by atoms with E-state index >= 15 is 0 Å². The predicted molar refractivity (Wildman–Crippen MR) is 60.2 cm³/mol. The van der Waals surface area contributed by atoms with Crippen LogP contribution < -0.4 is 5.32 Å². The minimum absolute atomic E-state index is 0.658. The molecule has 0 aliphatic carbocycles. The van der Waals surface area contributed by atoms with Crippen LogP contribution in [0.3, 0.4) is 0 Å². The minimum Gasteiger partial charge on any atom is -0.384 e. The fraction of sp³-hybridized carbons (Fsp3) is 0.455. The first-order valence-electron chi connectivity index (χ1n) is 4.72. The molecule has 1 heterocycles. The number of benzene rings is 1. The zero-order chi connectivity index (χ0) is 9.42. The molecule has 1 aromatic rings. The average molecular weight is 240 g/mol. The Bertz CT molecular complexity index is 320. The van der Waals surface area contributed by atoms with E-state index in [1.165, 1.54) is 15.7 Å². The molecule has 0 fully saturated rings. The van der Waals surface area contributed by atoms with Gasteiger partial charge in [-0.25, -0.2) is 0 Å². The molecule has 0 bridgehead atoms. The number of nitrogens with one attached hydrogen (secondary N) is 1. The van der Waals surface area contributed by atoms with Crippen molar-refractivity contribution in [1.29, 1.82) is 0 Å². The molecule has 0 aromatic heterocycles. The molecule has 0 saturated carbocycles. The Morgan fingerprint density at radius 2 is 2.23 bits per heavy atom. The highest BCUT2D eigenvalue weighted by molar-refractivity contribution is 9.10. The van der Waals surface area contributed by atoms with Gasteiger partial charge in [-0.3, -0.25) is 0 Å². The van der Waals surface area contributed by atoms with E-state index in [1.807, 2.05) is 0 Å². The Balaban J connectivity index is 2.46. The molecule has 1 nitrogen and oxygen atoms in total. The van der Waals surface area contributed by atoms with Gasteiger partial charge in [0.2, 0.25) is 0 Å². The minimum atomic E-state index is 0.658. The number of halogens is 1. The molecule has 2 heteroatoms. The third-order valence-corrected chi connectivity index (χ3v) is 3.43. The lowest BCUT2D eigenvalue weighted by molar-refractivity contribution is 0.532. The van der Waals surface area contributed by atoms with Gasteiger partial charge in [-0.1, -0.05) is 35.8 Å². The molecule has 1 N–H and O–H groups in total. The van der Waals surface area contributed by atoms with Crippen LogP contribution in [0.4, 0.5) is 5.69 Å². The fourth-order valence-corrected chi connectivity index (χ4v) is 2.62. The van der Waals surface area contributed by atoms with Gasteiger partial charge < -0.3 is 5.32 Å². The number of hydrogen-bond acceptors (Lipinski definition) is 1. The molecule has 1 atom stereocenters. The van der Waals surface area contributed by atoms with Crippen LogP contribution in [0.1, 0.15) is 25.3 Å². The van der Waals surface area contributed by atoms with Crippen molar-refractivity contribution in [2.75, 3.05) is 11.9 Å². The maximum absolute atomic E-state index is 3.62. The first-order valence-corrected chi connectivity index (χ1v) is 5.51. The molecule has 13 heavy (non-hydrogen) atoms. The predicted octanol–water partition coefficient (Wildman–Crippen LogP) is 3.61. The molecule has 1 unspecified atom stereocenters. The Morgan fingerprint density at radius 1 is 1.46 bits per heavy atom. The van der Waals surface area contributed by atoms with E-state index in [1.54, 1.807) is 0 Å². The van der Waals surface area contributed by atoms with Gasteiger partial charge in [-0.15, -0.1) is 0 Å². The summed E-state index contributed by atoms with van der Waals surface area (Å²) in [7, 11) is 0. The summed E-state index contributed by atoms with van der Waals surface area (Å²) in [5.41, 5.74) is 2.76. The highest BCUT2D eigenvalue weighted by Gasteiger charge is 2.26. The van der Waals surface area contributed by atoms with Crippen LogP contribution in [0, 0.1) is 5.92 Å². The third kappa shape index (κ3) is 1.48. The van der Waals surface area contributed by atoms with Gasteiger partial charge in [0.15, 0.2) is 0 Å². The average Bonchev–Trinajstić information content (AvgIpc) is 2.49. The topological polar surface area (TPSA) is 12.0 Å². The number of hydrogen-bond donors (Lipinski definition) is 1. The molecule has 0 saturated heterocycles. The van der Waals surface area contributed by atoms with Crippen LogP contribution in [0.2, 0.25) is 0 Å². The second kappa shape index (κ2) is 3.33. The Morgan fingerprint density at radius 3 is 2.92 bits per heavy atom. The second-order valence-corrected chi connectivity index (χ2v) is 4.79. The van der Waals surface area contributed by atoms with Crippen molar-refractivity contribution in [3.8, 4) is 0 Å². The first-order chi connectivity index (χ1) is 6.20. The van der Waals surface area contributed by atoms with E-state index in [0.29, 0.717) is 11.8 Å². The van der Waals surface area contributed by atoms with E-state index in [2.05, 4.69) is 53.3 Å². The smallest absolute Gasteiger partial charge is 0.0387 e. The Hall–Kier alpha value is -0.500. The van der Waals surface area contributed by atoms with Crippen molar-refractivity contribution in [3.05, 3.63) is 28.2 Å². The van der Waals surface area contributed by atoms with E-state index in [4.69, 9.17) is 0 Å². The van der Waals surface area contributed by atoms with Crippen molar-refractivity contribution in [1.82, 2.24) is 0 Å². The largest absolute Gasteiger partial charge is 0.384 e. The quantitative estimate of drug-likeness (QED) is 0.790. The second-order valence-electron chi connectivity index (χ2n) is 3.93. The van der Waals surface area contributed by atoms with Gasteiger partial charge >= 0.3 is 0 Å². The fourth-order valence-electron chi connectivity index (χ4n) is 1.96. The molecule has 0 amide bonds. The molecule has 1 aliphatic rings. The molecule has 2 rings (SSSR count). The number of anilines is 1. The number of fused-ring (bicyclic) bond motifs is 1. The van der Waals surface area contributed by atoms with Gasteiger partial charge in [0.05, 0.1) is 0 Å². The van der Waals surface area contributed by atoms with Crippen LogP contribution in [0.25, 0.3) is 0 Å². The van der Waals surface area contributed by atoms with E-state index in [9.17, 15) is 0 Å². The third-order valence-electron chi connectivity index (χ3n) is 2.74. The molecule has 1 aliphatic heterocycles. The molecule has 70 valence electrons.